The standard InChI is InChI=1S/C24H36O5/c1-29-24(28)12-8-3-2-7-11-20-21(23(27)17-22(20)26)16-15-19(25)14-13-18-9-5-4-6-10-18/h2,4-7,9-10,19-23,25-27H,3,8,11-17H2,1H3/t19?,20-,21-,22+,23-/m1/s1. The van der Waals surface area contributed by atoms with Gasteiger partial charge in [-0.15, -0.1) is 0 Å². The third kappa shape index (κ3) is 8.29. The Hall–Kier alpha value is -1.69. The lowest BCUT2D eigenvalue weighted by molar-refractivity contribution is -0.140. The van der Waals surface area contributed by atoms with Crippen molar-refractivity contribution in [3.63, 3.8) is 0 Å². The van der Waals surface area contributed by atoms with Crippen molar-refractivity contribution in [3.8, 4) is 0 Å². The van der Waals surface area contributed by atoms with Gasteiger partial charge in [-0.2, -0.15) is 0 Å². The van der Waals surface area contributed by atoms with E-state index in [4.69, 9.17) is 0 Å². The maximum atomic E-state index is 11.1. The fraction of sp³-hybridized carbons (Fsp3) is 0.625. The van der Waals surface area contributed by atoms with Gasteiger partial charge in [-0.3, -0.25) is 4.79 Å². The molecule has 5 nitrogen and oxygen atoms in total. The number of aliphatic hydroxyl groups excluding tert-OH is 3. The SMILES string of the molecule is COC(=O)CCCC=CC[C@@H]1[C@@H](CCC(O)CCc2ccccc2)[C@H](O)C[C@@H]1O. The van der Waals surface area contributed by atoms with E-state index in [1.807, 2.05) is 30.4 Å². The number of benzene rings is 1. The van der Waals surface area contributed by atoms with Crippen molar-refractivity contribution >= 4 is 5.97 Å². The number of rotatable bonds is 12. The summed E-state index contributed by atoms with van der Waals surface area (Å²) in [6.45, 7) is 0. The molecular formula is C24H36O5. The molecule has 1 fully saturated rings. The number of aryl methyl sites for hydroxylation is 1. The molecule has 1 aliphatic carbocycles. The lowest BCUT2D eigenvalue weighted by Gasteiger charge is -2.23. The highest BCUT2D eigenvalue weighted by molar-refractivity contribution is 5.69. The van der Waals surface area contributed by atoms with Crippen LogP contribution >= 0.6 is 0 Å². The topological polar surface area (TPSA) is 87.0 Å². The molecule has 0 spiro atoms. The number of ether oxygens (including phenoxy) is 1. The molecule has 1 unspecified atom stereocenters. The molecule has 1 aromatic rings. The number of aliphatic hydroxyl groups is 3. The van der Waals surface area contributed by atoms with Crippen molar-refractivity contribution in [1.82, 2.24) is 0 Å². The highest BCUT2D eigenvalue weighted by atomic mass is 16.5. The van der Waals surface area contributed by atoms with Gasteiger partial charge >= 0.3 is 5.97 Å². The molecule has 0 bridgehead atoms. The first kappa shape index (κ1) is 23.6. The molecule has 3 N–H and O–H groups in total. The number of unbranched alkanes of at least 4 members (excludes halogenated alkanes) is 1. The summed E-state index contributed by atoms with van der Waals surface area (Å²) in [4.78, 5) is 11.1. The summed E-state index contributed by atoms with van der Waals surface area (Å²) in [7, 11) is 1.39. The van der Waals surface area contributed by atoms with E-state index in [1.165, 1.54) is 12.7 Å². The van der Waals surface area contributed by atoms with Crippen molar-refractivity contribution in [1.29, 1.82) is 0 Å². The van der Waals surface area contributed by atoms with Crippen LogP contribution in [0.5, 0.6) is 0 Å². The van der Waals surface area contributed by atoms with Gasteiger partial charge in [-0.05, 0) is 68.8 Å². The van der Waals surface area contributed by atoms with Crippen LogP contribution in [0.3, 0.4) is 0 Å². The minimum absolute atomic E-state index is 0.0103. The van der Waals surface area contributed by atoms with Crippen molar-refractivity contribution < 1.29 is 24.9 Å². The number of hydrogen-bond donors (Lipinski definition) is 3. The predicted octanol–water partition coefficient (Wildman–Crippen LogP) is 3.41. The summed E-state index contributed by atoms with van der Waals surface area (Å²) in [5, 5.41) is 31.1. The summed E-state index contributed by atoms with van der Waals surface area (Å²) in [6.07, 6.45) is 8.65. The molecule has 0 aliphatic heterocycles. The molecule has 0 amide bonds. The van der Waals surface area contributed by atoms with E-state index in [2.05, 4.69) is 16.9 Å². The maximum absolute atomic E-state index is 11.1. The summed E-state index contributed by atoms with van der Waals surface area (Å²) in [6, 6.07) is 10.1. The monoisotopic (exact) mass is 404 g/mol. The van der Waals surface area contributed by atoms with E-state index in [0.29, 0.717) is 32.1 Å². The highest BCUT2D eigenvalue weighted by Gasteiger charge is 2.40. The number of methoxy groups -OCH3 is 1. The number of allylic oxidation sites excluding steroid dienone is 2. The van der Waals surface area contributed by atoms with Gasteiger partial charge in [0.1, 0.15) is 0 Å². The van der Waals surface area contributed by atoms with Crippen LogP contribution < -0.4 is 0 Å². The quantitative estimate of drug-likeness (QED) is 0.282. The van der Waals surface area contributed by atoms with Crippen LogP contribution in [-0.2, 0) is 16.0 Å². The first-order chi connectivity index (χ1) is 14.0. The van der Waals surface area contributed by atoms with Crippen LogP contribution in [0.4, 0.5) is 0 Å². The molecule has 162 valence electrons. The zero-order chi connectivity index (χ0) is 21.1. The molecule has 0 aromatic heterocycles. The molecule has 5 heteroatoms. The van der Waals surface area contributed by atoms with Crippen molar-refractivity contribution in [3.05, 3.63) is 48.0 Å². The average Bonchev–Trinajstić information content (AvgIpc) is 3.00. The van der Waals surface area contributed by atoms with Crippen LogP contribution in [0.1, 0.15) is 56.9 Å². The fourth-order valence-corrected chi connectivity index (χ4v) is 4.25. The summed E-state index contributed by atoms with van der Waals surface area (Å²) in [5.74, 6) is -0.169. The Kier molecular flexibility index (Phi) is 10.4. The second-order valence-electron chi connectivity index (χ2n) is 8.13. The normalized spacial score (nSPS) is 25.4. The summed E-state index contributed by atoms with van der Waals surface area (Å²) < 4.78 is 4.62. The number of esters is 1. The van der Waals surface area contributed by atoms with E-state index in [1.54, 1.807) is 0 Å². The van der Waals surface area contributed by atoms with Crippen LogP contribution in [0.15, 0.2) is 42.5 Å². The molecule has 1 aliphatic rings. The lowest BCUT2D eigenvalue weighted by Crippen LogP contribution is -2.23. The van der Waals surface area contributed by atoms with Gasteiger partial charge in [-0.25, -0.2) is 0 Å². The Morgan fingerprint density at radius 3 is 2.59 bits per heavy atom. The van der Waals surface area contributed by atoms with E-state index in [-0.39, 0.29) is 17.8 Å². The molecule has 1 saturated carbocycles. The summed E-state index contributed by atoms with van der Waals surface area (Å²) >= 11 is 0. The molecule has 5 atom stereocenters. The van der Waals surface area contributed by atoms with Gasteiger partial charge < -0.3 is 20.1 Å². The van der Waals surface area contributed by atoms with Gasteiger partial charge in [0.15, 0.2) is 0 Å². The molecule has 0 saturated heterocycles. The third-order valence-corrected chi connectivity index (χ3v) is 6.02. The Bertz CT molecular complexity index is 615. The Morgan fingerprint density at radius 1 is 1.14 bits per heavy atom. The van der Waals surface area contributed by atoms with E-state index < -0.39 is 18.3 Å². The fourth-order valence-electron chi connectivity index (χ4n) is 4.25. The Labute approximate surface area is 174 Å². The van der Waals surface area contributed by atoms with Gasteiger partial charge in [-0.1, -0.05) is 42.5 Å². The Balaban J connectivity index is 1.73. The van der Waals surface area contributed by atoms with E-state index in [9.17, 15) is 20.1 Å². The first-order valence-corrected chi connectivity index (χ1v) is 10.8. The maximum Gasteiger partial charge on any atom is 0.305 e. The molecule has 0 radical (unpaired) electrons. The lowest BCUT2D eigenvalue weighted by atomic mass is 9.85. The smallest absolute Gasteiger partial charge is 0.305 e. The number of carbonyl (C=O) groups is 1. The van der Waals surface area contributed by atoms with Crippen molar-refractivity contribution in [2.24, 2.45) is 11.8 Å². The molecule has 1 aromatic carbocycles. The average molecular weight is 405 g/mol. The van der Waals surface area contributed by atoms with Crippen LogP contribution in [0.2, 0.25) is 0 Å². The van der Waals surface area contributed by atoms with E-state index >= 15 is 0 Å². The first-order valence-electron chi connectivity index (χ1n) is 10.8. The Morgan fingerprint density at radius 2 is 1.86 bits per heavy atom. The van der Waals surface area contributed by atoms with Gasteiger partial charge in [0.25, 0.3) is 0 Å². The molecule has 0 heterocycles. The molecule has 2 rings (SSSR count). The van der Waals surface area contributed by atoms with E-state index in [0.717, 1.165) is 25.7 Å². The van der Waals surface area contributed by atoms with Gasteiger partial charge in [0, 0.05) is 6.42 Å². The van der Waals surface area contributed by atoms with Gasteiger partial charge in [0.2, 0.25) is 0 Å². The van der Waals surface area contributed by atoms with Crippen LogP contribution in [-0.4, -0.2) is 46.7 Å². The van der Waals surface area contributed by atoms with Crippen molar-refractivity contribution in [2.75, 3.05) is 7.11 Å². The molecular weight excluding hydrogens is 368 g/mol. The number of hydrogen-bond acceptors (Lipinski definition) is 5. The second-order valence-corrected chi connectivity index (χ2v) is 8.13. The predicted molar refractivity (Wildman–Crippen MR) is 113 cm³/mol. The zero-order valence-corrected chi connectivity index (χ0v) is 17.5. The highest BCUT2D eigenvalue weighted by Crippen LogP contribution is 2.38. The zero-order valence-electron chi connectivity index (χ0n) is 17.5. The summed E-state index contributed by atoms with van der Waals surface area (Å²) in [5.41, 5.74) is 1.22. The minimum Gasteiger partial charge on any atom is -0.469 e. The number of carbonyl (C=O) groups excluding carboxylic acids is 1. The van der Waals surface area contributed by atoms with Crippen LogP contribution in [0, 0.1) is 11.8 Å². The third-order valence-electron chi connectivity index (χ3n) is 6.02. The van der Waals surface area contributed by atoms with Crippen LogP contribution in [0.25, 0.3) is 0 Å². The minimum atomic E-state index is -0.510. The second kappa shape index (κ2) is 12.8. The van der Waals surface area contributed by atoms with Crippen molar-refractivity contribution in [2.45, 2.75) is 76.1 Å². The van der Waals surface area contributed by atoms with Gasteiger partial charge in [0.05, 0.1) is 25.4 Å². The largest absolute Gasteiger partial charge is 0.469 e. The molecule has 29 heavy (non-hydrogen) atoms.